The quantitative estimate of drug-likeness (QED) is 0.511. The number of nitrogens with zero attached hydrogens (tertiary/aromatic N) is 3. The Morgan fingerprint density at radius 1 is 1.23 bits per heavy atom. The Morgan fingerprint density at radius 2 is 2.04 bits per heavy atom. The van der Waals surface area contributed by atoms with E-state index in [1.165, 1.54) is 29.5 Å². The number of carbonyl (C=O) groups is 1. The van der Waals surface area contributed by atoms with Crippen molar-refractivity contribution in [3.63, 3.8) is 0 Å². The standard InChI is InChI=1S/C18H17ClFN5O/c19-12-8-14(17(21)26)16-15(9-12)18(24-10-23-16)25(22)6-2-4-11-3-1-5-13(20)7-11/h1,3,5,7-10H,2,4,6,22H2,(H2,21,26). The SMILES string of the molecule is NC(=O)c1cc(Cl)cc2c(N(N)CCCc3cccc(F)c3)ncnc12. The second-order valence-corrected chi connectivity index (χ2v) is 6.27. The highest BCUT2D eigenvalue weighted by atomic mass is 35.5. The first kappa shape index (κ1) is 18.0. The molecule has 6 nitrogen and oxygen atoms in total. The van der Waals surface area contributed by atoms with Crippen LogP contribution in [0.4, 0.5) is 10.2 Å². The molecule has 2 aromatic carbocycles. The first-order valence-electron chi connectivity index (χ1n) is 7.96. The number of benzene rings is 2. The molecular weight excluding hydrogens is 357 g/mol. The predicted molar refractivity (Wildman–Crippen MR) is 99.3 cm³/mol. The van der Waals surface area contributed by atoms with Crippen LogP contribution in [0.2, 0.25) is 5.02 Å². The Labute approximate surface area is 154 Å². The van der Waals surface area contributed by atoms with Crippen molar-refractivity contribution in [1.29, 1.82) is 0 Å². The molecule has 0 saturated heterocycles. The van der Waals surface area contributed by atoms with Crippen LogP contribution >= 0.6 is 11.6 Å². The molecule has 0 atom stereocenters. The molecule has 0 bridgehead atoms. The molecule has 134 valence electrons. The number of amides is 1. The van der Waals surface area contributed by atoms with E-state index in [0.29, 0.717) is 41.1 Å². The van der Waals surface area contributed by atoms with Gasteiger partial charge in [0, 0.05) is 17.0 Å². The van der Waals surface area contributed by atoms with Crippen molar-refractivity contribution >= 4 is 34.2 Å². The number of hydrogen-bond acceptors (Lipinski definition) is 5. The van der Waals surface area contributed by atoms with Crippen LogP contribution in [0.5, 0.6) is 0 Å². The van der Waals surface area contributed by atoms with Gasteiger partial charge in [0.25, 0.3) is 5.91 Å². The Morgan fingerprint density at radius 3 is 2.77 bits per heavy atom. The van der Waals surface area contributed by atoms with Crippen LogP contribution in [0.3, 0.4) is 0 Å². The molecule has 0 saturated carbocycles. The summed E-state index contributed by atoms with van der Waals surface area (Å²) in [4.78, 5) is 20.0. The molecule has 1 heterocycles. The predicted octanol–water partition coefficient (Wildman–Crippen LogP) is 2.83. The van der Waals surface area contributed by atoms with Gasteiger partial charge >= 0.3 is 0 Å². The Bertz CT molecular complexity index is 965. The van der Waals surface area contributed by atoms with Gasteiger partial charge in [0.05, 0.1) is 11.1 Å². The third-order valence-corrected chi connectivity index (χ3v) is 4.19. The molecule has 0 fully saturated rings. The number of primary amides is 1. The van der Waals surface area contributed by atoms with Crippen LogP contribution in [-0.2, 0) is 6.42 Å². The third kappa shape index (κ3) is 3.89. The number of aryl methyl sites for hydroxylation is 1. The van der Waals surface area contributed by atoms with E-state index in [0.717, 1.165) is 5.56 Å². The molecule has 0 aliphatic rings. The molecule has 3 rings (SSSR count). The molecule has 3 aromatic rings. The first-order valence-corrected chi connectivity index (χ1v) is 8.34. The number of hydrazine groups is 1. The van der Waals surface area contributed by atoms with Gasteiger partial charge in [-0.2, -0.15) is 0 Å². The van der Waals surface area contributed by atoms with Crippen LogP contribution in [0, 0.1) is 5.82 Å². The Balaban J connectivity index is 1.82. The lowest BCUT2D eigenvalue weighted by Crippen LogP contribution is -2.33. The zero-order valence-electron chi connectivity index (χ0n) is 13.8. The van der Waals surface area contributed by atoms with Gasteiger partial charge in [-0.15, -0.1) is 0 Å². The van der Waals surface area contributed by atoms with E-state index in [4.69, 9.17) is 23.2 Å². The van der Waals surface area contributed by atoms with Gasteiger partial charge < -0.3 is 5.73 Å². The fourth-order valence-corrected chi connectivity index (χ4v) is 3.01. The van der Waals surface area contributed by atoms with E-state index in [2.05, 4.69) is 9.97 Å². The van der Waals surface area contributed by atoms with E-state index >= 15 is 0 Å². The van der Waals surface area contributed by atoms with Gasteiger partial charge in [0.15, 0.2) is 5.82 Å². The van der Waals surface area contributed by atoms with Crippen molar-refractivity contribution in [2.24, 2.45) is 11.6 Å². The number of anilines is 1. The maximum absolute atomic E-state index is 13.2. The topological polar surface area (TPSA) is 98.1 Å². The van der Waals surface area contributed by atoms with Gasteiger partial charge in [-0.1, -0.05) is 23.7 Å². The highest BCUT2D eigenvalue weighted by molar-refractivity contribution is 6.32. The minimum absolute atomic E-state index is 0.212. The summed E-state index contributed by atoms with van der Waals surface area (Å²) < 4.78 is 13.2. The molecule has 0 radical (unpaired) electrons. The second-order valence-electron chi connectivity index (χ2n) is 5.84. The highest BCUT2D eigenvalue weighted by Gasteiger charge is 2.15. The molecule has 0 spiro atoms. The summed E-state index contributed by atoms with van der Waals surface area (Å²) in [5.74, 6) is 5.70. The minimum Gasteiger partial charge on any atom is -0.366 e. The smallest absolute Gasteiger partial charge is 0.250 e. The lowest BCUT2D eigenvalue weighted by atomic mass is 10.1. The third-order valence-electron chi connectivity index (χ3n) is 3.97. The summed E-state index contributed by atoms with van der Waals surface area (Å²) in [6.45, 7) is 0.473. The molecule has 0 aliphatic carbocycles. The lowest BCUT2D eigenvalue weighted by Gasteiger charge is -2.19. The zero-order valence-corrected chi connectivity index (χ0v) is 14.6. The summed E-state index contributed by atoms with van der Waals surface area (Å²) in [5, 5.41) is 2.35. The van der Waals surface area contributed by atoms with Gasteiger partial charge in [-0.25, -0.2) is 20.2 Å². The van der Waals surface area contributed by atoms with Crippen molar-refractivity contribution in [1.82, 2.24) is 9.97 Å². The average Bonchev–Trinajstić information content (AvgIpc) is 2.60. The zero-order chi connectivity index (χ0) is 18.7. The summed E-state index contributed by atoms with van der Waals surface area (Å²) in [6.07, 6.45) is 2.68. The van der Waals surface area contributed by atoms with Crippen molar-refractivity contribution in [2.45, 2.75) is 12.8 Å². The van der Waals surface area contributed by atoms with Crippen molar-refractivity contribution in [3.8, 4) is 0 Å². The Kier molecular flexibility index (Phi) is 5.29. The fraction of sp³-hybridized carbons (Fsp3) is 0.167. The maximum Gasteiger partial charge on any atom is 0.250 e. The normalized spacial score (nSPS) is 10.9. The van der Waals surface area contributed by atoms with Crippen molar-refractivity contribution in [2.75, 3.05) is 11.6 Å². The highest BCUT2D eigenvalue weighted by Crippen LogP contribution is 2.28. The minimum atomic E-state index is -0.628. The molecule has 8 heteroatoms. The fourth-order valence-electron chi connectivity index (χ4n) is 2.79. The van der Waals surface area contributed by atoms with Gasteiger partial charge in [0.2, 0.25) is 0 Å². The van der Waals surface area contributed by atoms with Gasteiger partial charge in [-0.05, 0) is 42.7 Å². The molecule has 4 N–H and O–H groups in total. The van der Waals surface area contributed by atoms with E-state index in [-0.39, 0.29) is 11.4 Å². The second kappa shape index (κ2) is 7.63. The Hall–Kier alpha value is -2.77. The average molecular weight is 374 g/mol. The number of hydrogen-bond donors (Lipinski definition) is 2. The van der Waals surface area contributed by atoms with E-state index < -0.39 is 5.91 Å². The van der Waals surface area contributed by atoms with Crippen LogP contribution in [-0.4, -0.2) is 22.4 Å². The van der Waals surface area contributed by atoms with Crippen LogP contribution in [0.25, 0.3) is 10.9 Å². The van der Waals surface area contributed by atoms with Crippen LogP contribution in [0.1, 0.15) is 22.3 Å². The molecule has 26 heavy (non-hydrogen) atoms. The summed E-state index contributed by atoms with van der Waals surface area (Å²) in [7, 11) is 0. The number of aromatic nitrogens is 2. The van der Waals surface area contributed by atoms with Gasteiger partial charge in [0.1, 0.15) is 12.1 Å². The summed E-state index contributed by atoms with van der Waals surface area (Å²) in [6, 6.07) is 9.56. The number of fused-ring (bicyclic) bond motifs is 1. The maximum atomic E-state index is 13.2. The number of nitrogens with two attached hydrogens (primary N) is 2. The molecular formula is C18H17ClFN5O. The van der Waals surface area contributed by atoms with E-state index in [9.17, 15) is 9.18 Å². The summed E-state index contributed by atoms with van der Waals surface area (Å²) in [5.41, 5.74) is 6.90. The number of carbonyl (C=O) groups excluding carboxylic acids is 1. The molecule has 1 aromatic heterocycles. The molecule has 1 amide bonds. The first-order chi connectivity index (χ1) is 12.5. The monoisotopic (exact) mass is 373 g/mol. The summed E-state index contributed by atoms with van der Waals surface area (Å²) >= 11 is 6.09. The number of rotatable bonds is 6. The van der Waals surface area contributed by atoms with Crippen LogP contribution in [0.15, 0.2) is 42.7 Å². The largest absolute Gasteiger partial charge is 0.366 e. The molecule has 0 aliphatic heterocycles. The number of halogens is 2. The van der Waals surface area contributed by atoms with E-state index in [1.807, 2.05) is 6.07 Å². The lowest BCUT2D eigenvalue weighted by molar-refractivity contribution is 0.100. The van der Waals surface area contributed by atoms with Crippen molar-refractivity contribution < 1.29 is 9.18 Å². The van der Waals surface area contributed by atoms with E-state index in [1.54, 1.807) is 12.1 Å². The molecule has 0 unspecified atom stereocenters. The van der Waals surface area contributed by atoms with Gasteiger partial charge in [-0.3, -0.25) is 9.80 Å². The van der Waals surface area contributed by atoms with Crippen LogP contribution < -0.4 is 16.6 Å². The van der Waals surface area contributed by atoms with Crippen molar-refractivity contribution in [3.05, 3.63) is 64.7 Å².